The van der Waals surface area contributed by atoms with Gasteiger partial charge in [-0.25, -0.2) is 0 Å². The summed E-state index contributed by atoms with van der Waals surface area (Å²) in [6.07, 6.45) is 0. The highest BCUT2D eigenvalue weighted by Gasteiger charge is 2.39. The van der Waals surface area contributed by atoms with Gasteiger partial charge in [0.1, 0.15) is 0 Å². The molecule has 0 spiro atoms. The SMILES string of the molecule is Cc1ccc(N[C@H]2SC(=O)N(Cc3ccc(Br)cc3)C2=O)cc1. The molecule has 0 unspecified atom stereocenters. The average molecular weight is 391 g/mol. The van der Waals surface area contributed by atoms with E-state index in [2.05, 4.69) is 21.2 Å². The number of aryl methyl sites for hydroxylation is 1. The van der Waals surface area contributed by atoms with Crippen LogP contribution in [0.15, 0.2) is 53.0 Å². The molecule has 1 N–H and O–H groups in total. The van der Waals surface area contributed by atoms with E-state index in [1.807, 2.05) is 55.5 Å². The molecule has 1 fully saturated rings. The van der Waals surface area contributed by atoms with Gasteiger partial charge in [0, 0.05) is 10.2 Å². The van der Waals surface area contributed by atoms with Crippen LogP contribution in [0.1, 0.15) is 11.1 Å². The normalized spacial score (nSPS) is 17.7. The first-order valence-corrected chi connectivity index (χ1v) is 8.80. The van der Waals surface area contributed by atoms with Gasteiger partial charge >= 0.3 is 0 Å². The van der Waals surface area contributed by atoms with E-state index in [1.54, 1.807) is 0 Å². The summed E-state index contributed by atoms with van der Waals surface area (Å²) in [4.78, 5) is 25.9. The summed E-state index contributed by atoms with van der Waals surface area (Å²) in [7, 11) is 0. The first kappa shape index (κ1) is 16.1. The average Bonchev–Trinajstić information content (AvgIpc) is 2.79. The van der Waals surface area contributed by atoms with Crippen LogP contribution in [0, 0.1) is 6.92 Å². The summed E-state index contributed by atoms with van der Waals surface area (Å²) in [6.45, 7) is 2.30. The van der Waals surface area contributed by atoms with Crippen molar-refractivity contribution in [2.45, 2.75) is 18.8 Å². The number of rotatable bonds is 4. The number of halogens is 1. The lowest BCUT2D eigenvalue weighted by atomic mass is 10.2. The number of carbonyl (C=O) groups is 2. The van der Waals surface area contributed by atoms with Crippen molar-refractivity contribution in [1.29, 1.82) is 0 Å². The van der Waals surface area contributed by atoms with E-state index in [-0.39, 0.29) is 11.1 Å². The smallest absolute Gasteiger partial charge is 0.291 e. The molecule has 118 valence electrons. The van der Waals surface area contributed by atoms with E-state index in [4.69, 9.17) is 0 Å². The molecule has 0 saturated carbocycles. The van der Waals surface area contributed by atoms with Gasteiger partial charge in [0.05, 0.1) is 6.54 Å². The second-order valence-electron chi connectivity index (χ2n) is 5.33. The first-order valence-electron chi connectivity index (χ1n) is 7.12. The molecule has 0 aromatic heterocycles. The summed E-state index contributed by atoms with van der Waals surface area (Å²) in [5, 5.41) is 2.33. The highest BCUT2D eigenvalue weighted by atomic mass is 79.9. The highest BCUT2D eigenvalue weighted by molar-refractivity contribution is 9.10. The van der Waals surface area contributed by atoms with Crippen LogP contribution < -0.4 is 5.32 Å². The zero-order chi connectivity index (χ0) is 16.4. The minimum atomic E-state index is -0.569. The van der Waals surface area contributed by atoms with E-state index in [0.717, 1.165) is 33.0 Å². The number of benzene rings is 2. The lowest BCUT2D eigenvalue weighted by Gasteiger charge is -2.15. The summed E-state index contributed by atoms with van der Waals surface area (Å²) >= 11 is 4.39. The van der Waals surface area contributed by atoms with E-state index >= 15 is 0 Å². The van der Waals surface area contributed by atoms with Crippen LogP contribution in [0.2, 0.25) is 0 Å². The van der Waals surface area contributed by atoms with Gasteiger partial charge < -0.3 is 5.32 Å². The minimum Gasteiger partial charge on any atom is -0.365 e. The predicted molar refractivity (Wildman–Crippen MR) is 96.3 cm³/mol. The minimum absolute atomic E-state index is 0.205. The van der Waals surface area contributed by atoms with Crippen molar-refractivity contribution in [3.05, 3.63) is 64.1 Å². The maximum Gasteiger partial charge on any atom is 0.291 e. The van der Waals surface area contributed by atoms with Gasteiger partial charge in [0.25, 0.3) is 11.1 Å². The van der Waals surface area contributed by atoms with Crippen LogP contribution in [0.25, 0.3) is 0 Å². The molecule has 2 amide bonds. The fraction of sp³-hybridized carbons (Fsp3) is 0.176. The van der Waals surface area contributed by atoms with E-state index < -0.39 is 5.37 Å². The molecule has 0 radical (unpaired) electrons. The lowest BCUT2D eigenvalue weighted by Crippen LogP contribution is -2.33. The molecule has 0 aliphatic carbocycles. The number of nitrogens with zero attached hydrogens (tertiary/aromatic N) is 1. The molecule has 1 atom stereocenters. The van der Waals surface area contributed by atoms with Gasteiger partial charge in [-0.3, -0.25) is 14.5 Å². The fourth-order valence-electron chi connectivity index (χ4n) is 2.25. The van der Waals surface area contributed by atoms with E-state index in [0.29, 0.717) is 6.54 Å². The number of thioether (sulfide) groups is 1. The quantitative estimate of drug-likeness (QED) is 0.840. The number of nitrogens with one attached hydrogen (secondary N) is 1. The van der Waals surface area contributed by atoms with Crippen LogP contribution in [-0.2, 0) is 11.3 Å². The molecule has 2 aromatic rings. The molecule has 23 heavy (non-hydrogen) atoms. The molecule has 1 aliphatic rings. The molecular weight excluding hydrogens is 376 g/mol. The van der Waals surface area contributed by atoms with E-state index in [9.17, 15) is 9.59 Å². The maximum absolute atomic E-state index is 12.5. The zero-order valence-electron chi connectivity index (χ0n) is 12.5. The van der Waals surface area contributed by atoms with Crippen molar-refractivity contribution < 1.29 is 9.59 Å². The number of imide groups is 1. The summed E-state index contributed by atoms with van der Waals surface area (Å²) in [6, 6.07) is 15.3. The summed E-state index contributed by atoms with van der Waals surface area (Å²) in [5.41, 5.74) is 2.90. The number of anilines is 1. The fourth-order valence-corrected chi connectivity index (χ4v) is 3.42. The van der Waals surface area contributed by atoms with Crippen LogP contribution in [-0.4, -0.2) is 21.4 Å². The molecule has 1 aliphatic heterocycles. The molecule has 1 heterocycles. The number of carbonyl (C=O) groups excluding carboxylic acids is 2. The topological polar surface area (TPSA) is 49.4 Å². The van der Waals surface area contributed by atoms with Gasteiger partial charge in [0.2, 0.25) is 0 Å². The van der Waals surface area contributed by atoms with Gasteiger partial charge in [0.15, 0.2) is 5.37 Å². The maximum atomic E-state index is 12.5. The largest absolute Gasteiger partial charge is 0.365 e. The van der Waals surface area contributed by atoms with Crippen molar-refractivity contribution >= 4 is 44.5 Å². The third kappa shape index (κ3) is 3.76. The lowest BCUT2D eigenvalue weighted by molar-refractivity contribution is -0.126. The first-order chi connectivity index (χ1) is 11.0. The standard InChI is InChI=1S/C17H15BrN2O2S/c1-11-2-8-14(9-3-11)19-15-16(21)20(17(22)23-15)10-12-4-6-13(18)7-5-12/h2-9,15,19H,10H2,1H3/t15-/m0/s1. The van der Waals surface area contributed by atoms with Crippen molar-refractivity contribution in [2.24, 2.45) is 0 Å². The van der Waals surface area contributed by atoms with Crippen LogP contribution >= 0.6 is 27.7 Å². The zero-order valence-corrected chi connectivity index (χ0v) is 14.9. The molecule has 6 heteroatoms. The van der Waals surface area contributed by atoms with Crippen molar-refractivity contribution in [3.63, 3.8) is 0 Å². The van der Waals surface area contributed by atoms with Gasteiger partial charge in [-0.2, -0.15) is 0 Å². The van der Waals surface area contributed by atoms with Crippen molar-refractivity contribution in [3.8, 4) is 0 Å². The molecule has 1 saturated heterocycles. The van der Waals surface area contributed by atoms with Crippen LogP contribution in [0.4, 0.5) is 10.5 Å². The van der Waals surface area contributed by atoms with Crippen molar-refractivity contribution in [1.82, 2.24) is 4.90 Å². The Morgan fingerprint density at radius 1 is 1.09 bits per heavy atom. The Labute approximate surface area is 147 Å². The summed E-state index contributed by atoms with van der Waals surface area (Å²) < 4.78 is 0.966. The third-order valence-corrected chi connectivity index (χ3v) is 5.04. The monoisotopic (exact) mass is 390 g/mol. The molecule has 3 rings (SSSR count). The molecular formula is C17H15BrN2O2S. The van der Waals surface area contributed by atoms with Crippen LogP contribution in [0.5, 0.6) is 0 Å². The van der Waals surface area contributed by atoms with Crippen LogP contribution in [0.3, 0.4) is 0 Å². The Morgan fingerprint density at radius 3 is 2.39 bits per heavy atom. The second-order valence-corrected chi connectivity index (χ2v) is 7.30. The Hall–Kier alpha value is -1.79. The van der Waals surface area contributed by atoms with E-state index in [1.165, 1.54) is 4.90 Å². The Morgan fingerprint density at radius 2 is 1.74 bits per heavy atom. The third-order valence-electron chi connectivity index (χ3n) is 3.53. The van der Waals surface area contributed by atoms with Gasteiger partial charge in [-0.05, 0) is 48.5 Å². The van der Waals surface area contributed by atoms with Gasteiger partial charge in [-0.1, -0.05) is 45.8 Å². The van der Waals surface area contributed by atoms with Gasteiger partial charge in [-0.15, -0.1) is 0 Å². The van der Waals surface area contributed by atoms with Crippen molar-refractivity contribution in [2.75, 3.05) is 5.32 Å². The Balaban J connectivity index is 1.69. The molecule has 0 bridgehead atoms. The molecule has 4 nitrogen and oxygen atoms in total. The predicted octanol–water partition coefficient (Wildman–Crippen LogP) is 4.39. The number of hydrogen-bond donors (Lipinski definition) is 1. The molecule has 2 aromatic carbocycles. The highest BCUT2D eigenvalue weighted by Crippen LogP contribution is 2.29. The second kappa shape index (κ2) is 6.76. The number of hydrogen-bond acceptors (Lipinski definition) is 4. The number of amides is 2. The summed E-state index contributed by atoms with van der Waals surface area (Å²) in [5.74, 6) is -0.205. The Bertz CT molecular complexity index is 731. The Kier molecular flexibility index (Phi) is 4.73.